The van der Waals surface area contributed by atoms with Crippen LogP contribution in [-0.2, 0) is 19.8 Å². The molecule has 2 aromatic heterocycles. The van der Waals surface area contributed by atoms with Crippen molar-refractivity contribution in [2.75, 3.05) is 5.32 Å². The quantitative estimate of drug-likeness (QED) is 0.422. The molecule has 0 aliphatic heterocycles. The third-order valence-corrected chi connectivity index (χ3v) is 4.73. The van der Waals surface area contributed by atoms with Gasteiger partial charge in [-0.2, -0.15) is 18.2 Å². The molecule has 4 rings (SSSR count). The Labute approximate surface area is 183 Å². The maximum atomic E-state index is 13.9. The van der Waals surface area contributed by atoms with Crippen molar-refractivity contribution in [3.05, 3.63) is 87.8 Å². The smallest absolute Gasteiger partial charge is 0.416 e. The number of anilines is 1. The van der Waals surface area contributed by atoms with Crippen molar-refractivity contribution >= 4 is 17.0 Å². The second-order valence-electron chi connectivity index (χ2n) is 7.07. The standard InChI is InChI=1S/C22H15F5N4O2/c1-31-19-13(8-18(20(31)32)33-17-6-5-15(23)9-16(17)24)11-29-21(30-19)28-10-12-3-2-4-14(7-12)22(25,26)27/h2-9,11H,10H2,1H3,(H,28,29,30). The summed E-state index contributed by atoms with van der Waals surface area (Å²) in [5.41, 5.74) is -0.816. The lowest BCUT2D eigenvalue weighted by Crippen LogP contribution is -2.20. The summed E-state index contributed by atoms with van der Waals surface area (Å²) in [6, 6.07) is 8.82. The van der Waals surface area contributed by atoms with Crippen LogP contribution in [0, 0.1) is 11.6 Å². The van der Waals surface area contributed by atoms with Gasteiger partial charge in [0.15, 0.2) is 17.3 Å². The Kier molecular flexibility index (Phi) is 5.71. The van der Waals surface area contributed by atoms with Crippen LogP contribution in [0.25, 0.3) is 11.0 Å². The molecule has 2 aromatic carbocycles. The summed E-state index contributed by atoms with van der Waals surface area (Å²) in [6.07, 6.45) is -3.07. The van der Waals surface area contributed by atoms with E-state index in [1.807, 2.05) is 0 Å². The Morgan fingerprint density at radius 3 is 2.58 bits per heavy atom. The largest absolute Gasteiger partial charge is 0.448 e. The van der Waals surface area contributed by atoms with Gasteiger partial charge >= 0.3 is 6.18 Å². The zero-order valence-electron chi connectivity index (χ0n) is 17.0. The molecule has 0 spiro atoms. The highest BCUT2D eigenvalue weighted by Gasteiger charge is 2.30. The minimum atomic E-state index is -4.45. The van der Waals surface area contributed by atoms with Crippen LogP contribution in [0.5, 0.6) is 11.5 Å². The minimum absolute atomic E-state index is 0.0222. The number of fused-ring (bicyclic) bond motifs is 1. The van der Waals surface area contributed by atoms with Crippen molar-refractivity contribution in [3.63, 3.8) is 0 Å². The molecule has 0 saturated carbocycles. The van der Waals surface area contributed by atoms with E-state index in [1.54, 1.807) is 0 Å². The minimum Gasteiger partial charge on any atom is -0.448 e. The number of pyridine rings is 1. The number of aryl methyl sites for hydroxylation is 1. The van der Waals surface area contributed by atoms with Crippen LogP contribution >= 0.6 is 0 Å². The molecular weight excluding hydrogens is 447 g/mol. The van der Waals surface area contributed by atoms with Gasteiger partial charge in [0, 0.05) is 31.2 Å². The first kappa shape index (κ1) is 22.2. The van der Waals surface area contributed by atoms with Gasteiger partial charge in [-0.05, 0) is 35.9 Å². The number of alkyl halides is 3. The zero-order valence-corrected chi connectivity index (χ0v) is 17.0. The fourth-order valence-corrected chi connectivity index (χ4v) is 3.09. The van der Waals surface area contributed by atoms with E-state index in [1.165, 1.54) is 31.4 Å². The van der Waals surface area contributed by atoms with Crippen LogP contribution in [0.2, 0.25) is 0 Å². The number of hydrogen-bond acceptors (Lipinski definition) is 5. The molecule has 0 bridgehead atoms. The maximum absolute atomic E-state index is 13.9. The third kappa shape index (κ3) is 4.76. The second-order valence-corrected chi connectivity index (χ2v) is 7.07. The molecule has 0 radical (unpaired) electrons. The third-order valence-electron chi connectivity index (χ3n) is 4.73. The van der Waals surface area contributed by atoms with Crippen LogP contribution in [-0.4, -0.2) is 14.5 Å². The van der Waals surface area contributed by atoms with E-state index in [2.05, 4.69) is 15.3 Å². The SMILES string of the molecule is Cn1c(=O)c(Oc2ccc(F)cc2F)cc2cnc(NCc3cccc(C(F)(F)F)c3)nc21. The van der Waals surface area contributed by atoms with Crippen molar-refractivity contribution in [1.29, 1.82) is 0 Å². The first-order chi connectivity index (χ1) is 15.6. The Hall–Kier alpha value is -4.02. The van der Waals surface area contributed by atoms with Crippen LogP contribution in [0.3, 0.4) is 0 Å². The molecule has 2 heterocycles. The molecule has 170 valence electrons. The maximum Gasteiger partial charge on any atom is 0.416 e. The van der Waals surface area contributed by atoms with Crippen molar-refractivity contribution < 1.29 is 26.7 Å². The lowest BCUT2D eigenvalue weighted by Gasteiger charge is -2.12. The number of ether oxygens (including phenoxy) is 1. The summed E-state index contributed by atoms with van der Waals surface area (Å²) in [5, 5.41) is 3.21. The predicted molar refractivity (Wildman–Crippen MR) is 110 cm³/mol. The van der Waals surface area contributed by atoms with Gasteiger partial charge in [-0.1, -0.05) is 12.1 Å². The summed E-state index contributed by atoms with van der Waals surface area (Å²) in [6.45, 7) is 0.0222. The molecule has 1 N–H and O–H groups in total. The number of nitrogens with one attached hydrogen (secondary N) is 1. The first-order valence-corrected chi connectivity index (χ1v) is 9.51. The molecule has 0 aliphatic carbocycles. The number of nitrogens with zero attached hydrogens (tertiary/aromatic N) is 3. The van der Waals surface area contributed by atoms with Gasteiger partial charge in [0.2, 0.25) is 5.95 Å². The topological polar surface area (TPSA) is 69.0 Å². The van der Waals surface area contributed by atoms with Gasteiger partial charge in [0.25, 0.3) is 5.56 Å². The average Bonchev–Trinajstić information content (AvgIpc) is 2.77. The Morgan fingerprint density at radius 1 is 1.06 bits per heavy atom. The molecule has 0 saturated heterocycles. The fraction of sp³-hybridized carbons (Fsp3) is 0.136. The molecule has 4 aromatic rings. The van der Waals surface area contributed by atoms with Gasteiger partial charge in [0.1, 0.15) is 11.5 Å². The summed E-state index contributed by atoms with van der Waals surface area (Å²) >= 11 is 0. The van der Waals surface area contributed by atoms with Gasteiger partial charge < -0.3 is 10.1 Å². The molecule has 6 nitrogen and oxygen atoms in total. The van der Waals surface area contributed by atoms with E-state index in [-0.39, 0.29) is 29.6 Å². The van der Waals surface area contributed by atoms with E-state index >= 15 is 0 Å². The van der Waals surface area contributed by atoms with E-state index in [9.17, 15) is 26.7 Å². The summed E-state index contributed by atoms with van der Waals surface area (Å²) in [5.74, 6) is -2.21. The van der Waals surface area contributed by atoms with E-state index in [0.717, 1.165) is 28.8 Å². The number of rotatable bonds is 5. The highest BCUT2D eigenvalue weighted by Crippen LogP contribution is 2.30. The van der Waals surface area contributed by atoms with E-state index < -0.39 is 28.9 Å². The lowest BCUT2D eigenvalue weighted by atomic mass is 10.1. The molecule has 0 unspecified atom stereocenters. The molecule has 0 fully saturated rings. The predicted octanol–water partition coefficient (Wildman–Crippen LogP) is 5.03. The van der Waals surface area contributed by atoms with Crippen molar-refractivity contribution in [1.82, 2.24) is 14.5 Å². The summed E-state index contributed by atoms with van der Waals surface area (Å²) in [7, 11) is 1.42. The van der Waals surface area contributed by atoms with Gasteiger partial charge in [-0.3, -0.25) is 9.36 Å². The highest BCUT2D eigenvalue weighted by molar-refractivity contribution is 5.76. The van der Waals surface area contributed by atoms with E-state index in [4.69, 9.17) is 4.74 Å². The molecule has 11 heteroatoms. The molecule has 0 atom stereocenters. The van der Waals surface area contributed by atoms with Crippen LogP contribution < -0.4 is 15.6 Å². The molecular formula is C22H15F5N4O2. The summed E-state index contributed by atoms with van der Waals surface area (Å²) < 4.78 is 72.1. The molecule has 0 amide bonds. The monoisotopic (exact) mass is 462 g/mol. The fourth-order valence-electron chi connectivity index (χ4n) is 3.09. The normalized spacial score (nSPS) is 11.6. The first-order valence-electron chi connectivity index (χ1n) is 9.51. The second kappa shape index (κ2) is 8.49. The van der Waals surface area contributed by atoms with Gasteiger partial charge in [-0.25, -0.2) is 13.8 Å². The molecule has 33 heavy (non-hydrogen) atoms. The number of halogens is 5. The van der Waals surface area contributed by atoms with Crippen LogP contribution in [0.4, 0.5) is 27.9 Å². The van der Waals surface area contributed by atoms with Crippen LogP contribution in [0.1, 0.15) is 11.1 Å². The van der Waals surface area contributed by atoms with Gasteiger partial charge in [-0.15, -0.1) is 0 Å². The van der Waals surface area contributed by atoms with Gasteiger partial charge in [0.05, 0.1) is 5.56 Å². The lowest BCUT2D eigenvalue weighted by molar-refractivity contribution is -0.137. The van der Waals surface area contributed by atoms with Crippen molar-refractivity contribution in [2.45, 2.75) is 12.7 Å². The Bertz CT molecular complexity index is 1400. The van der Waals surface area contributed by atoms with Crippen molar-refractivity contribution in [2.24, 2.45) is 7.05 Å². The van der Waals surface area contributed by atoms with Crippen molar-refractivity contribution in [3.8, 4) is 11.5 Å². The summed E-state index contributed by atoms with van der Waals surface area (Å²) in [4.78, 5) is 21.0. The number of benzene rings is 2. The zero-order chi connectivity index (χ0) is 23.8. The number of hydrogen-bond donors (Lipinski definition) is 1. The Balaban J connectivity index is 1.59. The number of aromatic nitrogens is 3. The average molecular weight is 462 g/mol. The van der Waals surface area contributed by atoms with Crippen LogP contribution in [0.15, 0.2) is 59.5 Å². The van der Waals surface area contributed by atoms with E-state index in [0.29, 0.717) is 17.0 Å². The molecule has 0 aliphatic rings. The Morgan fingerprint density at radius 2 is 1.85 bits per heavy atom. The highest BCUT2D eigenvalue weighted by atomic mass is 19.4.